The van der Waals surface area contributed by atoms with E-state index in [1.807, 2.05) is 0 Å². The highest BCUT2D eigenvalue weighted by atomic mass is 16.6. The molecule has 0 aromatic rings. The number of carbonyl (C=O) groups excluding carboxylic acids is 2. The largest absolute Gasteiger partial charge is 0.394 e. The molecular formula is C5H11NO3. The summed E-state index contributed by atoms with van der Waals surface area (Å²) in [5.74, 6) is -1.12. The highest BCUT2D eigenvalue weighted by molar-refractivity contribution is 5.82. The lowest BCUT2D eigenvalue weighted by Gasteiger charge is -1.87. The van der Waals surface area contributed by atoms with Gasteiger partial charge in [0.25, 0.3) is 0 Å². The number of ether oxygens (including phenoxy) is 1. The van der Waals surface area contributed by atoms with Crippen LogP contribution in [0, 0.1) is 0 Å². The zero-order chi connectivity index (χ0) is 7.86. The van der Waals surface area contributed by atoms with Crippen molar-refractivity contribution in [2.24, 2.45) is 5.73 Å². The van der Waals surface area contributed by atoms with Crippen molar-refractivity contribution in [3.8, 4) is 0 Å². The Morgan fingerprint density at radius 2 is 1.33 bits per heavy atom. The van der Waals surface area contributed by atoms with Crippen LogP contribution >= 0.6 is 0 Å². The number of hydrogen-bond donors (Lipinski definition) is 1. The van der Waals surface area contributed by atoms with Gasteiger partial charge in [0.05, 0.1) is 0 Å². The molecule has 0 aliphatic rings. The van der Waals surface area contributed by atoms with Crippen LogP contribution < -0.4 is 5.73 Å². The molecule has 0 aliphatic heterocycles. The number of carbonyl (C=O) groups is 2. The smallest absolute Gasteiger partial charge is 0.310 e. The van der Waals surface area contributed by atoms with Crippen molar-refractivity contribution in [3.63, 3.8) is 0 Å². The van der Waals surface area contributed by atoms with Crippen molar-refractivity contribution >= 4 is 11.9 Å². The van der Waals surface area contributed by atoms with E-state index in [4.69, 9.17) is 0 Å². The van der Waals surface area contributed by atoms with Crippen LogP contribution in [0.5, 0.6) is 0 Å². The Labute approximate surface area is 54.0 Å². The van der Waals surface area contributed by atoms with Gasteiger partial charge in [-0.1, -0.05) is 0 Å². The molecule has 0 saturated heterocycles. The van der Waals surface area contributed by atoms with Crippen molar-refractivity contribution < 1.29 is 14.3 Å². The molecule has 0 fully saturated rings. The van der Waals surface area contributed by atoms with Crippen LogP contribution in [0.25, 0.3) is 0 Å². The lowest BCUT2D eigenvalue weighted by atomic mass is 10.7. The topological polar surface area (TPSA) is 69.4 Å². The van der Waals surface area contributed by atoms with Gasteiger partial charge in [-0.3, -0.25) is 9.59 Å². The molecule has 2 N–H and O–H groups in total. The highest BCUT2D eigenvalue weighted by Gasteiger charge is 1.93. The van der Waals surface area contributed by atoms with E-state index in [0.717, 1.165) is 0 Å². The van der Waals surface area contributed by atoms with Crippen molar-refractivity contribution in [3.05, 3.63) is 0 Å². The molecule has 0 aliphatic carbocycles. The zero-order valence-corrected chi connectivity index (χ0v) is 5.80. The van der Waals surface area contributed by atoms with Crippen molar-refractivity contribution in [2.45, 2.75) is 13.8 Å². The number of hydrogen-bond acceptors (Lipinski definition) is 4. The van der Waals surface area contributed by atoms with E-state index in [1.54, 1.807) is 0 Å². The fourth-order valence-corrected chi connectivity index (χ4v) is 0.202. The molecule has 4 nitrogen and oxygen atoms in total. The van der Waals surface area contributed by atoms with Crippen LogP contribution in [0.2, 0.25) is 0 Å². The second-order valence-electron chi connectivity index (χ2n) is 1.09. The Hall–Kier alpha value is -0.900. The Bertz CT molecular complexity index is 88.4. The summed E-state index contributed by atoms with van der Waals surface area (Å²) in [7, 11) is 1.50. The third-order valence-corrected chi connectivity index (χ3v) is 0.287. The molecule has 0 saturated carbocycles. The number of rotatable bonds is 0. The molecule has 0 unspecified atom stereocenters. The predicted molar refractivity (Wildman–Crippen MR) is 32.6 cm³/mol. The molecule has 4 heteroatoms. The summed E-state index contributed by atoms with van der Waals surface area (Å²) in [5, 5.41) is 0. The van der Waals surface area contributed by atoms with Crippen LogP contribution in [0.4, 0.5) is 0 Å². The van der Waals surface area contributed by atoms with E-state index in [-0.39, 0.29) is 0 Å². The van der Waals surface area contributed by atoms with Gasteiger partial charge in [0.2, 0.25) is 0 Å². The first kappa shape index (κ1) is 11.0. The molecule has 0 bridgehead atoms. The van der Waals surface area contributed by atoms with E-state index < -0.39 is 11.9 Å². The van der Waals surface area contributed by atoms with Crippen molar-refractivity contribution in [1.29, 1.82) is 0 Å². The second kappa shape index (κ2) is 7.10. The van der Waals surface area contributed by atoms with Gasteiger partial charge >= 0.3 is 11.9 Å². The first-order chi connectivity index (χ1) is 4.13. The highest BCUT2D eigenvalue weighted by Crippen LogP contribution is 1.73. The Kier molecular flexibility index (Phi) is 8.66. The van der Waals surface area contributed by atoms with Gasteiger partial charge in [0, 0.05) is 13.8 Å². The monoisotopic (exact) mass is 133 g/mol. The van der Waals surface area contributed by atoms with Crippen LogP contribution in [-0.2, 0) is 14.3 Å². The number of nitrogens with two attached hydrogens (primary N) is 1. The number of esters is 2. The molecule has 0 radical (unpaired) electrons. The fraction of sp³-hybridized carbons (Fsp3) is 0.600. The quantitative estimate of drug-likeness (QED) is 0.363. The maximum Gasteiger partial charge on any atom is 0.310 e. The van der Waals surface area contributed by atoms with Crippen molar-refractivity contribution in [2.75, 3.05) is 7.05 Å². The first-order valence-electron chi connectivity index (χ1n) is 2.39. The summed E-state index contributed by atoms with van der Waals surface area (Å²) >= 11 is 0. The average Bonchev–Trinajstić information content (AvgIpc) is 1.68. The van der Waals surface area contributed by atoms with Crippen LogP contribution in [0.1, 0.15) is 13.8 Å². The van der Waals surface area contributed by atoms with Crippen LogP contribution in [0.15, 0.2) is 0 Å². The molecule has 0 amide bonds. The Balaban J connectivity index is 0. The van der Waals surface area contributed by atoms with E-state index >= 15 is 0 Å². The van der Waals surface area contributed by atoms with E-state index in [9.17, 15) is 9.59 Å². The van der Waals surface area contributed by atoms with Crippen LogP contribution in [-0.4, -0.2) is 19.0 Å². The van der Waals surface area contributed by atoms with Gasteiger partial charge in [0.1, 0.15) is 0 Å². The molecule has 0 rings (SSSR count). The molecule has 9 heavy (non-hydrogen) atoms. The van der Waals surface area contributed by atoms with E-state index in [1.165, 1.54) is 20.9 Å². The van der Waals surface area contributed by atoms with Gasteiger partial charge in [-0.05, 0) is 7.05 Å². The molecule has 0 aromatic carbocycles. The van der Waals surface area contributed by atoms with E-state index in [0.29, 0.717) is 0 Å². The Morgan fingerprint density at radius 1 is 1.11 bits per heavy atom. The van der Waals surface area contributed by atoms with Crippen molar-refractivity contribution in [1.82, 2.24) is 0 Å². The molecule has 0 spiro atoms. The summed E-state index contributed by atoms with van der Waals surface area (Å²) < 4.78 is 3.97. The summed E-state index contributed by atoms with van der Waals surface area (Å²) in [4.78, 5) is 19.6. The van der Waals surface area contributed by atoms with Crippen LogP contribution in [0.3, 0.4) is 0 Å². The molecular weight excluding hydrogens is 122 g/mol. The molecule has 0 atom stereocenters. The van der Waals surface area contributed by atoms with Gasteiger partial charge in [-0.2, -0.15) is 0 Å². The average molecular weight is 133 g/mol. The van der Waals surface area contributed by atoms with Gasteiger partial charge in [-0.25, -0.2) is 0 Å². The normalized spacial score (nSPS) is 6.67. The van der Waals surface area contributed by atoms with E-state index in [2.05, 4.69) is 10.5 Å². The minimum Gasteiger partial charge on any atom is -0.394 e. The molecule has 54 valence electrons. The maximum atomic E-state index is 9.81. The van der Waals surface area contributed by atoms with Gasteiger partial charge in [0.15, 0.2) is 0 Å². The summed E-state index contributed by atoms with van der Waals surface area (Å²) in [6, 6.07) is 0. The minimum absolute atomic E-state index is 0.562. The molecule has 0 heterocycles. The van der Waals surface area contributed by atoms with Gasteiger partial charge < -0.3 is 10.5 Å². The minimum atomic E-state index is -0.562. The molecule has 0 aromatic heterocycles. The lowest BCUT2D eigenvalue weighted by molar-refractivity contribution is -0.156. The standard InChI is InChI=1S/C4H6O3.CH5N/c1-3(5)7-4(2)6;1-2/h1-2H3;2H2,1H3. The SMILES string of the molecule is CC(=O)OC(C)=O.CN. The van der Waals surface area contributed by atoms with Gasteiger partial charge in [-0.15, -0.1) is 0 Å². The zero-order valence-electron chi connectivity index (χ0n) is 5.80. The third kappa shape index (κ3) is 19.2. The first-order valence-corrected chi connectivity index (χ1v) is 2.39. The Morgan fingerprint density at radius 3 is 1.33 bits per heavy atom. The fourth-order valence-electron chi connectivity index (χ4n) is 0.202. The lowest BCUT2D eigenvalue weighted by Crippen LogP contribution is -2.03. The second-order valence-corrected chi connectivity index (χ2v) is 1.09. The summed E-state index contributed by atoms with van der Waals surface area (Å²) in [6.45, 7) is 2.36. The predicted octanol–water partition coefficient (Wildman–Crippen LogP) is -0.329. The maximum absolute atomic E-state index is 9.81. The summed E-state index contributed by atoms with van der Waals surface area (Å²) in [5.41, 5.74) is 4.50. The summed E-state index contributed by atoms with van der Waals surface area (Å²) in [6.07, 6.45) is 0. The third-order valence-electron chi connectivity index (χ3n) is 0.287.